The summed E-state index contributed by atoms with van der Waals surface area (Å²) in [5.74, 6) is -0.332. The van der Waals surface area contributed by atoms with E-state index in [0.29, 0.717) is 12.4 Å². The molecule has 2 rings (SSSR count). The topological polar surface area (TPSA) is 52.6 Å². The van der Waals surface area contributed by atoms with Gasteiger partial charge in [0.15, 0.2) is 0 Å². The number of carbonyl (C=O) groups is 2. The zero-order valence-corrected chi connectivity index (χ0v) is 15.7. The summed E-state index contributed by atoms with van der Waals surface area (Å²) in [6, 6.07) is 17.8. The van der Waals surface area contributed by atoms with Crippen LogP contribution in [0.15, 0.2) is 54.6 Å². The van der Waals surface area contributed by atoms with Crippen LogP contribution in [0.5, 0.6) is 5.75 Å². The fraction of sp³-hybridized carbons (Fsp3) is 0.364. The van der Waals surface area contributed by atoms with Crippen molar-refractivity contribution in [2.75, 3.05) is 6.61 Å². The lowest BCUT2D eigenvalue weighted by Crippen LogP contribution is -2.18. The van der Waals surface area contributed by atoms with Gasteiger partial charge in [0.2, 0.25) is 0 Å². The molecular weight excluding hydrogens is 328 g/mol. The van der Waals surface area contributed by atoms with E-state index in [0.717, 1.165) is 12.0 Å². The normalized spacial score (nSPS) is 11.0. The number of rotatable bonds is 8. The van der Waals surface area contributed by atoms with Gasteiger partial charge in [-0.15, -0.1) is 0 Å². The van der Waals surface area contributed by atoms with Crippen molar-refractivity contribution in [1.29, 1.82) is 0 Å². The van der Waals surface area contributed by atoms with E-state index in [2.05, 4.69) is 26.0 Å². The number of ether oxygens (including phenoxy) is 2. The maximum Gasteiger partial charge on any atom is 0.311 e. The summed E-state index contributed by atoms with van der Waals surface area (Å²) in [7, 11) is 0. The number of hydrogen-bond donors (Lipinski definition) is 0. The molecule has 0 aliphatic heterocycles. The molecule has 0 aliphatic rings. The lowest BCUT2D eigenvalue weighted by molar-refractivity contribution is -0.146. The third-order valence-corrected chi connectivity index (χ3v) is 4.30. The second kappa shape index (κ2) is 9.18. The second-order valence-electron chi connectivity index (χ2n) is 6.71. The number of esters is 2. The molecule has 138 valence electrons. The van der Waals surface area contributed by atoms with E-state index in [4.69, 9.17) is 9.47 Å². The summed E-state index contributed by atoms with van der Waals surface area (Å²) in [5, 5.41) is 0. The Bertz CT molecular complexity index is 718. The van der Waals surface area contributed by atoms with Crippen molar-refractivity contribution in [2.24, 2.45) is 0 Å². The number of hydrogen-bond acceptors (Lipinski definition) is 4. The van der Waals surface area contributed by atoms with Crippen LogP contribution in [0, 0.1) is 0 Å². The highest BCUT2D eigenvalue weighted by atomic mass is 16.5. The average molecular weight is 354 g/mol. The number of carbonyl (C=O) groups excluding carboxylic acids is 2. The summed E-state index contributed by atoms with van der Waals surface area (Å²) in [5.41, 5.74) is 2.20. The molecule has 0 aliphatic carbocycles. The van der Waals surface area contributed by atoms with Crippen molar-refractivity contribution >= 4 is 11.9 Å². The highest BCUT2D eigenvalue weighted by Crippen LogP contribution is 2.32. The summed E-state index contributed by atoms with van der Waals surface area (Å²) >= 11 is 0. The fourth-order valence-electron chi connectivity index (χ4n) is 2.64. The fourth-order valence-corrected chi connectivity index (χ4v) is 2.64. The highest BCUT2D eigenvalue weighted by Gasteiger charge is 2.22. The van der Waals surface area contributed by atoms with Crippen molar-refractivity contribution in [3.05, 3.63) is 65.7 Å². The molecule has 4 nitrogen and oxygen atoms in total. The first kappa shape index (κ1) is 19.7. The third kappa shape index (κ3) is 5.45. The third-order valence-electron chi connectivity index (χ3n) is 4.30. The van der Waals surface area contributed by atoms with Crippen LogP contribution in [0.2, 0.25) is 0 Å². The van der Waals surface area contributed by atoms with E-state index in [1.807, 2.05) is 37.3 Å². The van der Waals surface area contributed by atoms with Gasteiger partial charge in [-0.25, -0.2) is 0 Å². The first-order chi connectivity index (χ1) is 12.4. The maximum atomic E-state index is 11.9. The molecule has 0 aromatic heterocycles. The molecule has 0 radical (unpaired) electrons. The van der Waals surface area contributed by atoms with E-state index < -0.39 is 5.97 Å². The summed E-state index contributed by atoms with van der Waals surface area (Å²) in [6.45, 7) is 6.62. The van der Waals surface area contributed by atoms with Gasteiger partial charge in [0.25, 0.3) is 0 Å². The Morgan fingerprint density at radius 2 is 1.42 bits per heavy atom. The van der Waals surface area contributed by atoms with Crippen molar-refractivity contribution in [1.82, 2.24) is 0 Å². The smallest absolute Gasteiger partial charge is 0.311 e. The first-order valence-electron chi connectivity index (χ1n) is 8.96. The van der Waals surface area contributed by atoms with E-state index in [1.165, 1.54) is 5.56 Å². The van der Waals surface area contributed by atoms with E-state index in [1.54, 1.807) is 12.1 Å². The van der Waals surface area contributed by atoms with Crippen molar-refractivity contribution in [2.45, 2.75) is 45.4 Å². The molecule has 26 heavy (non-hydrogen) atoms. The van der Waals surface area contributed by atoms with E-state index >= 15 is 0 Å². The highest BCUT2D eigenvalue weighted by molar-refractivity contribution is 5.79. The second-order valence-corrected chi connectivity index (χ2v) is 6.71. The minimum Gasteiger partial charge on any atom is -0.466 e. The van der Waals surface area contributed by atoms with Crippen LogP contribution in [0.25, 0.3) is 0 Å². The van der Waals surface area contributed by atoms with Crippen molar-refractivity contribution < 1.29 is 19.1 Å². The standard InChI is InChI=1S/C22H26O4/c1-4-16-25-20(23)14-15-21(24)26-19-12-10-18(11-13-19)22(2,3)17-8-6-5-7-9-17/h5-13H,4,14-16H2,1-3H3. The predicted octanol–water partition coefficient (Wildman–Crippen LogP) is 4.65. The molecule has 0 bridgehead atoms. The van der Waals surface area contributed by atoms with Crippen LogP contribution in [0.4, 0.5) is 0 Å². The SMILES string of the molecule is CCCOC(=O)CCC(=O)Oc1ccc(C(C)(C)c2ccccc2)cc1. The molecule has 0 heterocycles. The Morgan fingerprint density at radius 3 is 2.04 bits per heavy atom. The first-order valence-corrected chi connectivity index (χ1v) is 8.96. The molecule has 0 saturated carbocycles. The van der Waals surface area contributed by atoms with Crippen LogP contribution in [-0.4, -0.2) is 18.5 Å². The zero-order valence-electron chi connectivity index (χ0n) is 15.7. The van der Waals surface area contributed by atoms with Gasteiger partial charge < -0.3 is 9.47 Å². The van der Waals surface area contributed by atoms with Gasteiger partial charge in [-0.3, -0.25) is 9.59 Å². The Kier molecular flexibility index (Phi) is 6.96. The summed E-state index contributed by atoms with van der Waals surface area (Å²) in [4.78, 5) is 23.3. The van der Waals surface area contributed by atoms with E-state index in [-0.39, 0.29) is 24.2 Å². The molecule has 0 saturated heterocycles. The zero-order chi connectivity index (χ0) is 19.0. The van der Waals surface area contributed by atoms with Gasteiger partial charge in [-0.1, -0.05) is 63.2 Å². The summed E-state index contributed by atoms with van der Waals surface area (Å²) in [6.07, 6.45) is 0.819. The quantitative estimate of drug-likeness (QED) is 0.511. The lowest BCUT2D eigenvalue weighted by Gasteiger charge is -2.26. The van der Waals surface area contributed by atoms with Crippen LogP contribution in [0.1, 0.15) is 51.2 Å². The van der Waals surface area contributed by atoms with Crippen molar-refractivity contribution in [3.63, 3.8) is 0 Å². The molecule has 0 fully saturated rings. The van der Waals surface area contributed by atoms with Gasteiger partial charge in [0.05, 0.1) is 19.4 Å². The molecule has 0 N–H and O–H groups in total. The number of benzene rings is 2. The van der Waals surface area contributed by atoms with Gasteiger partial charge in [0.1, 0.15) is 5.75 Å². The molecule has 0 amide bonds. The molecule has 0 atom stereocenters. The average Bonchev–Trinajstić information content (AvgIpc) is 2.66. The monoisotopic (exact) mass is 354 g/mol. The Hall–Kier alpha value is -2.62. The Morgan fingerprint density at radius 1 is 0.846 bits per heavy atom. The Labute approximate surface area is 155 Å². The molecule has 0 unspecified atom stereocenters. The molecule has 2 aromatic carbocycles. The molecule has 4 heteroatoms. The van der Waals surface area contributed by atoms with Gasteiger partial charge in [-0.05, 0) is 29.7 Å². The van der Waals surface area contributed by atoms with E-state index in [9.17, 15) is 9.59 Å². The predicted molar refractivity (Wildman–Crippen MR) is 101 cm³/mol. The molecule has 0 spiro atoms. The molecular formula is C22H26O4. The Balaban J connectivity index is 1.93. The minimum absolute atomic E-state index is 0.0137. The van der Waals surface area contributed by atoms with Crippen LogP contribution in [0.3, 0.4) is 0 Å². The van der Waals surface area contributed by atoms with Crippen LogP contribution in [-0.2, 0) is 19.7 Å². The summed E-state index contributed by atoms with van der Waals surface area (Å²) < 4.78 is 10.2. The minimum atomic E-state index is -0.437. The van der Waals surface area contributed by atoms with Gasteiger partial charge in [0, 0.05) is 5.41 Å². The lowest BCUT2D eigenvalue weighted by atomic mass is 9.78. The molecule has 2 aromatic rings. The van der Waals surface area contributed by atoms with Crippen LogP contribution >= 0.6 is 0 Å². The van der Waals surface area contributed by atoms with Crippen molar-refractivity contribution in [3.8, 4) is 5.75 Å². The van der Waals surface area contributed by atoms with Gasteiger partial charge in [-0.2, -0.15) is 0 Å². The van der Waals surface area contributed by atoms with Crippen LogP contribution < -0.4 is 4.74 Å². The van der Waals surface area contributed by atoms with Gasteiger partial charge >= 0.3 is 11.9 Å². The maximum absolute atomic E-state index is 11.9. The largest absolute Gasteiger partial charge is 0.466 e.